The lowest BCUT2D eigenvalue weighted by atomic mass is 10.3. The molecule has 3 nitrogen and oxygen atoms in total. The quantitative estimate of drug-likeness (QED) is 0.689. The molecule has 1 aromatic rings. The van der Waals surface area contributed by atoms with E-state index < -0.39 is 0 Å². The zero-order valence-corrected chi connectivity index (χ0v) is 7.65. The van der Waals surface area contributed by atoms with Crippen molar-refractivity contribution in [2.75, 3.05) is 13.2 Å². The molecule has 3 rings (SSSR count). The van der Waals surface area contributed by atoms with E-state index in [2.05, 4.69) is 22.0 Å². The molecular formula is C10H14N2O. The van der Waals surface area contributed by atoms with E-state index in [0.29, 0.717) is 6.04 Å². The largest absolute Gasteiger partial charge is 0.379 e. The third-order valence-corrected chi connectivity index (χ3v) is 2.90. The lowest BCUT2D eigenvalue weighted by Crippen LogP contribution is -2.09. The number of hydrogen-bond donors (Lipinski definition) is 0. The van der Waals surface area contributed by atoms with Crippen LogP contribution in [0.2, 0.25) is 0 Å². The summed E-state index contributed by atoms with van der Waals surface area (Å²) in [5.41, 5.74) is 1.28. The molecule has 0 bridgehead atoms. The molecule has 0 amide bonds. The molecule has 1 saturated carbocycles. The van der Waals surface area contributed by atoms with Gasteiger partial charge < -0.3 is 4.74 Å². The van der Waals surface area contributed by atoms with Gasteiger partial charge >= 0.3 is 0 Å². The molecule has 1 aromatic heterocycles. The van der Waals surface area contributed by atoms with Gasteiger partial charge in [0.2, 0.25) is 0 Å². The topological polar surface area (TPSA) is 27.1 Å². The molecule has 1 unspecified atom stereocenters. The van der Waals surface area contributed by atoms with Crippen molar-refractivity contribution in [3.05, 3.63) is 18.0 Å². The Kier molecular flexibility index (Phi) is 1.65. The molecule has 2 heterocycles. The molecule has 3 heteroatoms. The van der Waals surface area contributed by atoms with Gasteiger partial charge in [-0.25, -0.2) is 0 Å². The van der Waals surface area contributed by atoms with E-state index in [-0.39, 0.29) is 0 Å². The van der Waals surface area contributed by atoms with Crippen LogP contribution in [0.15, 0.2) is 12.3 Å². The van der Waals surface area contributed by atoms with E-state index in [1.54, 1.807) is 0 Å². The molecule has 0 N–H and O–H groups in total. The standard InChI is InChI=1S/C10H14N2O/c1-2-8(1)10-3-5-12(11-10)9-4-6-13-7-9/h3,5,8-9H,1-2,4,6-7H2. The summed E-state index contributed by atoms with van der Waals surface area (Å²) in [6.07, 6.45) is 5.88. The fourth-order valence-electron chi connectivity index (χ4n) is 1.88. The maximum atomic E-state index is 5.34. The van der Waals surface area contributed by atoms with Gasteiger partial charge in [0.25, 0.3) is 0 Å². The zero-order chi connectivity index (χ0) is 8.67. The molecule has 1 aliphatic heterocycles. The second kappa shape index (κ2) is 2.84. The van der Waals surface area contributed by atoms with Crippen molar-refractivity contribution in [1.29, 1.82) is 0 Å². The Morgan fingerprint density at radius 1 is 1.38 bits per heavy atom. The van der Waals surface area contributed by atoms with Crippen LogP contribution in [0.1, 0.15) is 36.9 Å². The molecule has 0 spiro atoms. The first kappa shape index (κ1) is 7.56. The average Bonchev–Trinajstić information content (AvgIpc) is 2.72. The Morgan fingerprint density at radius 3 is 3.00 bits per heavy atom. The number of ether oxygens (including phenoxy) is 1. The van der Waals surface area contributed by atoms with Crippen molar-refractivity contribution < 1.29 is 4.74 Å². The van der Waals surface area contributed by atoms with Crippen LogP contribution in [0, 0.1) is 0 Å². The molecule has 0 radical (unpaired) electrons. The summed E-state index contributed by atoms with van der Waals surface area (Å²) in [6.45, 7) is 1.73. The second-order valence-corrected chi connectivity index (χ2v) is 4.01. The fraction of sp³-hybridized carbons (Fsp3) is 0.700. The molecule has 2 fully saturated rings. The van der Waals surface area contributed by atoms with E-state index in [9.17, 15) is 0 Å². The molecule has 1 saturated heterocycles. The van der Waals surface area contributed by atoms with Crippen molar-refractivity contribution in [2.45, 2.75) is 31.2 Å². The van der Waals surface area contributed by atoms with Gasteiger partial charge in [-0.2, -0.15) is 5.10 Å². The number of aromatic nitrogens is 2. The highest BCUT2D eigenvalue weighted by molar-refractivity contribution is 5.12. The third-order valence-electron chi connectivity index (χ3n) is 2.90. The zero-order valence-electron chi connectivity index (χ0n) is 7.65. The Hall–Kier alpha value is -0.830. The summed E-state index contributed by atoms with van der Waals surface area (Å²) in [7, 11) is 0. The first-order chi connectivity index (χ1) is 6.43. The van der Waals surface area contributed by atoms with Crippen molar-refractivity contribution in [1.82, 2.24) is 9.78 Å². The minimum absolute atomic E-state index is 0.493. The Labute approximate surface area is 77.7 Å². The maximum absolute atomic E-state index is 5.34. The van der Waals surface area contributed by atoms with Gasteiger partial charge in [0, 0.05) is 18.7 Å². The summed E-state index contributed by atoms with van der Waals surface area (Å²) in [6, 6.07) is 2.66. The Bertz CT molecular complexity index is 298. The predicted molar refractivity (Wildman–Crippen MR) is 48.7 cm³/mol. The van der Waals surface area contributed by atoms with Gasteiger partial charge in [-0.3, -0.25) is 4.68 Å². The van der Waals surface area contributed by atoms with Crippen LogP contribution >= 0.6 is 0 Å². The van der Waals surface area contributed by atoms with E-state index in [1.807, 2.05) is 0 Å². The summed E-state index contributed by atoms with van der Waals surface area (Å²) >= 11 is 0. The molecule has 13 heavy (non-hydrogen) atoms. The van der Waals surface area contributed by atoms with E-state index in [4.69, 9.17) is 4.74 Å². The van der Waals surface area contributed by atoms with Gasteiger partial charge in [-0.1, -0.05) is 0 Å². The molecule has 1 aliphatic carbocycles. The molecule has 1 atom stereocenters. The second-order valence-electron chi connectivity index (χ2n) is 4.01. The van der Waals surface area contributed by atoms with Crippen molar-refractivity contribution in [3.63, 3.8) is 0 Å². The highest BCUT2D eigenvalue weighted by Crippen LogP contribution is 2.39. The molecule has 2 aliphatic rings. The van der Waals surface area contributed by atoms with Gasteiger partial charge in [0.05, 0.1) is 18.3 Å². The molecule has 0 aromatic carbocycles. The SMILES string of the molecule is c1cn(C2CCOC2)nc1C1CC1. The highest BCUT2D eigenvalue weighted by Gasteiger charge is 2.27. The number of rotatable bonds is 2. The lowest BCUT2D eigenvalue weighted by molar-refractivity contribution is 0.184. The van der Waals surface area contributed by atoms with Crippen LogP contribution in [0.25, 0.3) is 0 Å². The Balaban J connectivity index is 1.79. The van der Waals surface area contributed by atoms with Gasteiger partial charge in [-0.15, -0.1) is 0 Å². The van der Waals surface area contributed by atoms with E-state index in [0.717, 1.165) is 25.6 Å². The summed E-state index contributed by atoms with van der Waals surface area (Å²) < 4.78 is 7.42. The third kappa shape index (κ3) is 1.37. The van der Waals surface area contributed by atoms with Crippen LogP contribution in [0.3, 0.4) is 0 Å². The summed E-state index contributed by atoms with van der Waals surface area (Å²) in [5.74, 6) is 0.767. The first-order valence-electron chi connectivity index (χ1n) is 5.06. The smallest absolute Gasteiger partial charge is 0.0774 e. The predicted octanol–water partition coefficient (Wildman–Crippen LogP) is 1.72. The minimum atomic E-state index is 0.493. The van der Waals surface area contributed by atoms with Crippen LogP contribution < -0.4 is 0 Å². The van der Waals surface area contributed by atoms with Crippen LogP contribution in [0.4, 0.5) is 0 Å². The first-order valence-corrected chi connectivity index (χ1v) is 5.06. The van der Waals surface area contributed by atoms with E-state index in [1.165, 1.54) is 18.5 Å². The fourth-order valence-corrected chi connectivity index (χ4v) is 1.88. The van der Waals surface area contributed by atoms with Crippen LogP contribution in [0.5, 0.6) is 0 Å². The highest BCUT2D eigenvalue weighted by atomic mass is 16.5. The Morgan fingerprint density at radius 2 is 2.31 bits per heavy atom. The van der Waals surface area contributed by atoms with Crippen molar-refractivity contribution in [3.8, 4) is 0 Å². The lowest BCUT2D eigenvalue weighted by Gasteiger charge is -2.06. The normalized spacial score (nSPS) is 28.2. The summed E-state index contributed by atoms with van der Waals surface area (Å²) in [5, 5.41) is 4.59. The minimum Gasteiger partial charge on any atom is -0.379 e. The van der Waals surface area contributed by atoms with E-state index >= 15 is 0 Å². The maximum Gasteiger partial charge on any atom is 0.0774 e. The van der Waals surface area contributed by atoms with Crippen LogP contribution in [-0.2, 0) is 4.74 Å². The van der Waals surface area contributed by atoms with Gasteiger partial charge in [0.1, 0.15) is 0 Å². The molecule has 70 valence electrons. The molecular weight excluding hydrogens is 164 g/mol. The van der Waals surface area contributed by atoms with Gasteiger partial charge in [0.15, 0.2) is 0 Å². The number of hydrogen-bond acceptors (Lipinski definition) is 2. The van der Waals surface area contributed by atoms with Crippen LogP contribution in [-0.4, -0.2) is 23.0 Å². The number of nitrogens with zero attached hydrogens (tertiary/aromatic N) is 2. The monoisotopic (exact) mass is 178 g/mol. The van der Waals surface area contributed by atoms with Gasteiger partial charge in [-0.05, 0) is 25.3 Å². The van der Waals surface area contributed by atoms with Crippen molar-refractivity contribution >= 4 is 0 Å². The van der Waals surface area contributed by atoms with Crippen molar-refractivity contribution in [2.24, 2.45) is 0 Å². The summed E-state index contributed by atoms with van der Waals surface area (Å²) in [4.78, 5) is 0. The average molecular weight is 178 g/mol.